The Labute approximate surface area is 68.1 Å². The zero-order valence-electron chi connectivity index (χ0n) is 6.28. The molecule has 1 fully saturated rings. The minimum atomic E-state index is -1.76. The van der Waals surface area contributed by atoms with Gasteiger partial charge in [-0.2, -0.15) is 0 Å². The van der Waals surface area contributed by atoms with Gasteiger partial charge < -0.3 is 21.7 Å². The van der Waals surface area contributed by atoms with Gasteiger partial charge in [0.25, 0.3) is 0 Å². The summed E-state index contributed by atoms with van der Waals surface area (Å²) in [7, 11) is 0. The molecule has 12 heavy (non-hydrogen) atoms. The molecule has 0 amide bonds. The molecule has 0 atom stereocenters. The molecule has 68 valence electrons. The van der Waals surface area contributed by atoms with Gasteiger partial charge in [0.15, 0.2) is 5.41 Å². The number of hydrogen-bond acceptors (Lipinski definition) is 4. The summed E-state index contributed by atoms with van der Waals surface area (Å²) in [6.45, 7) is 0. The molecule has 0 heterocycles. The molecule has 1 aliphatic rings. The van der Waals surface area contributed by atoms with E-state index >= 15 is 0 Å². The van der Waals surface area contributed by atoms with Crippen molar-refractivity contribution in [3.05, 3.63) is 0 Å². The number of carbonyl (C=O) groups is 2. The zero-order valence-corrected chi connectivity index (χ0v) is 6.28. The smallest absolute Gasteiger partial charge is 0.321 e. The van der Waals surface area contributed by atoms with Crippen LogP contribution in [0.25, 0.3) is 0 Å². The molecule has 0 spiro atoms. The van der Waals surface area contributed by atoms with E-state index in [-0.39, 0.29) is 12.8 Å². The van der Waals surface area contributed by atoms with Crippen LogP contribution in [0, 0.1) is 5.41 Å². The highest BCUT2D eigenvalue weighted by atomic mass is 16.4. The van der Waals surface area contributed by atoms with Crippen molar-refractivity contribution in [3.63, 3.8) is 0 Å². The van der Waals surface area contributed by atoms with Crippen molar-refractivity contribution in [2.75, 3.05) is 0 Å². The number of aliphatic carboxylic acids is 2. The molecule has 0 saturated heterocycles. The fourth-order valence-electron chi connectivity index (χ4n) is 1.47. The van der Waals surface area contributed by atoms with Gasteiger partial charge in [0.1, 0.15) is 0 Å². The van der Waals surface area contributed by atoms with Gasteiger partial charge in [-0.05, 0) is 0 Å². The molecular formula is C6H10N2O4. The van der Waals surface area contributed by atoms with Crippen LogP contribution in [0.1, 0.15) is 12.8 Å². The molecule has 0 radical (unpaired) electrons. The lowest BCUT2D eigenvalue weighted by Crippen LogP contribution is -2.69. The van der Waals surface area contributed by atoms with E-state index < -0.39 is 23.0 Å². The van der Waals surface area contributed by atoms with Crippen molar-refractivity contribution in [2.24, 2.45) is 16.9 Å². The van der Waals surface area contributed by atoms with Crippen molar-refractivity contribution in [3.8, 4) is 0 Å². The predicted octanol–water partition coefficient (Wildman–Crippen LogP) is -1.45. The molecule has 6 nitrogen and oxygen atoms in total. The van der Waals surface area contributed by atoms with Crippen molar-refractivity contribution in [1.82, 2.24) is 0 Å². The van der Waals surface area contributed by atoms with Crippen LogP contribution in [0.3, 0.4) is 0 Å². The van der Waals surface area contributed by atoms with Gasteiger partial charge in [-0.25, -0.2) is 0 Å². The third-order valence-corrected chi connectivity index (χ3v) is 2.08. The first-order valence-electron chi connectivity index (χ1n) is 3.35. The highest BCUT2D eigenvalue weighted by Gasteiger charge is 2.61. The van der Waals surface area contributed by atoms with Crippen LogP contribution >= 0.6 is 0 Å². The maximum Gasteiger partial charge on any atom is 0.321 e. The summed E-state index contributed by atoms with van der Waals surface area (Å²) < 4.78 is 0. The molecule has 1 aliphatic carbocycles. The van der Waals surface area contributed by atoms with Gasteiger partial charge in [0.05, 0.1) is 5.66 Å². The van der Waals surface area contributed by atoms with Gasteiger partial charge >= 0.3 is 11.9 Å². The Kier molecular flexibility index (Phi) is 1.62. The number of carboxylic acids is 2. The second-order valence-electron chi connectivity index (χ2n) is 3.28. The summed E-state index contributed by atoms with van der Waals surface area (Å²) in [6, 6.07) is 0. The topological polar surface area (TPSA) is 127 Å². The van der Waals surface area contributed by atoms with Crippen LogP contribution in [0.2, 0.25) is 0 Å². The van der Waals surface area contributed by atoms with Crippen LogP contribution in [-0.4, -0.2) is 27.8 Å². The molecule has 6 N–H and O–H groups in total. The van der Waals surface area contributed by atoms with Crippen LogP contribution in [0.4, 0.5) is 0 Å². The van der Waals surface area contributed by atoms with E-state index in [1.807, 2.05) is 0 Å². The van der Waals surface area contributed by atoms with Crippen LogP contribution < -0.4 is 11.5 Å². The Bertz CT molecular complexity index is 224. The number of hydrogen-bond donors (Lipinski definition) is 4. The van der Waals surface area contributed by atoms with Crippen molar-refractivity contribution < 1.29 is 19.8 Å². The SMILES string of the molecule is NC1(N)CC(C(=O)O)(C(=O)O)C1. The summed E-state index contributed by atoms with van der Waals surface area (Å²) in [4.78, 5) is 21.1. The van der Waals surface area contributed by atoms with Crippen LogP contribution in [-0.2, 0) is 9.59 Å². The van der Waals surface area contributed by atoms with Crippen LogP contribution in [0.15, 0.2) is 0 Å². The third-order valence-electron chi connectivity index (χ3n) is 2.08. The maximum atomic E-state index is 10.5. The molecule has 0 aliphatic heterocycles. The molecule has 0 aromatic heterocycles. The third kappa shape index (κ3) is 1.05. The Morgan fingerprint density at radius 2 is 1.42 bits per heavy atom. The Balaban J connectivity index is 2.83. The zero-order chi connectivity index (χ0) is 9.57. The molecule has 0 unspecified atom stereocenters. The quantitative estimate of drug-likeness (QED) is 0.299. The largest absolute Gasteiger partial charge is 0.480 e. The van der Waals surface area contributed by atoms with E-state index in [2.05, 4.69) is 0 Å². The molecule has 0 aromatic carbocycles. The first kappa shape index (κ1) is 8.95. The molecule has 6 heteroatoms. The Hall–Kier alpha value is -1.14. The molecule has 0 bridgehead atoms. The van der Waals surface area contributed by atoms with Crippen molar-refractivity contribution in [2.45, 2.75) is 18.5 Å². The average Bonchev–Trinajstić information content (AvgIpc) is 1.80. The number of carboxylic acid groups (broad SMARTS) is 2. The Morgan fingerprint density at radius 3 is 1.50 bits per heavy atom. The summed E-state index contributed by atoms with van der Waals surface area (Å²) in [6.07, 6.45) is -0.435. The fourth-order valence-corrected chi connectivity index (χ4v) is 1.47. The number of rotatable bonds is 2. The molecule has 1 rings (SSSR count). The minimum Gasteiger partial charge on any atom is -0.480 e. The van der Waals surface area contributed by atoms with E-state index in [0.717, 1.165) is 0 Å². The lowest BCUT2D eigenvalue weighted by Gasteiger charge is -2.46. The predicted molar refractivity (Wildman–Crippen MR) is 38.0 cm³/mol. The normalized spacial score (nSPS) is 24.2. The maximum absolute atomic E-state index is 10.5. The first-order chi connectivity index (χ1) is 5.30. The monoisotopic (exact) mass is 174 g/mol. The summed E-state index contributed by atoms with van der Waals surface area (Å²) in [5.41, 5.74) is 7.75. The second kappa shape index (κ2) is 2.18. The van der Waals surface area contributed by atoms with E-state index in [0.29, 0.717) is 0 Å². The van der Waals surface area contributed by atoms with E-state index in [1.165, 1.54) is 0 Å². The standard InChI is InChI=1S/C6H10N2O4/c7-6(8)1-5(2-6,3(9)10)4(11)12/h1-2,7-8H2,(H,9,10)(H,11,12). The number of nitrogens with two attached hydrogens (primary N) is 2. The minimum absolute atomic E-state index is 0.218. The van der Waals surface area contributed by atoms with E-state index in [4.69, 9.17) is 21.7 Å². The second-order valence-corrected chi connectivity index (χ2v) is 3.28. The van der Waals surface area contributed by atoms with Crippen molar-refractivity contribution in [1.29, 1.82) is 0 Å². The van der Waals surface area contributed by atoms with E-state index in [9.17, 15) is 9.59 Å². The highest BCUT2D eigenvalue weighted by Crippen LogP contribution is 2.44. The summed E-state index contributed by atoms with van der Waals surface area (Å²) >= 11 is 0. The van der Waals surface area contributed by atoms with Crippen molar-refractivity contribution >= 4 is 11.9 Å². The van der Waals surface area contributed by atoms with Gasteiger partial charge in [-0.1, -0.05) is 0 Å². The van der Waals surface area contributed by atoms with E-state index in [1.54, 1.807) is 0 Å². The fraction of sp³-hybridized carbons (Fsp3) is 0.667. The van der Waals surface area contributed by atoms with Gasteiger partial charge in [-0.15, -0.1) is 0 Å². The van der Waals surface area contributed by atoms with Crippen LogP contribution in [0.5, 0.6) is 0 Å². The van der Waals surface area contributed by atoms with Gasteiger partial charge in [-0.3, -0.25) is 9.59 Å². The molecule has 0 aromatic rings. The molecule has 1 saturated carbocycles. The van der Waals surface area contributed by atoms with Gasteiger partial charge in [0, 0.05) is 12.8 Å². The lowest BCUT2D eigenvalue weighted by atomic mass is 9.62. The lowest BCUT2D eigenvalue weighted by molar-refractivity contribution is -0.177. The molecular weight excluding hydrogens is 164 g/mol. The first-order valence-corrected chi connectivity index (χ1v) is 3.35. The summed E-state index contributed by atoms with van der Waals surface area (Å²) in [5, 5.41) is 17.2. The van der Waals surface area contributed by atoms with Gasteiger partial charge in [0.2, 0.25) is 0 Å². The highest BCUT2D eigenvalue weighted by molar-refractivity contribution is 5.99. The summed E-state index contributed by atoms with van der Waals surface area (Å²) in [5.74, 6) is -2.75. The Morgan fingerprint density at radius 1 is 1.08 bits per heavy atom. The average molecular weight is 174 g/mol.